The summed E-state index contributed by atoms with van der Waals surface area (Å²) in [4.78, 5) is 56.4. The van der Waals surface area contributed by atoms with Crippen LogP contribution in [-0.2, 0) is 9.59 Å². The van der Waals surface area contributed by atoms with Gasteiger partial charge in [0.1, 0.15) is 10.3 Å². The van der Waals surface area contributed by atoms with Crippen molar-refractivity contribution in [2.75, 3.05) is 18.0 Å². The third-order valence-electron chi connectivity index (χ3n) is 6.34. The van der Waals surface area contributed by atoms with Crippen LogP contribution in [0.25, 0.3) is 0 Å². The number of nitrogens with zero attached hydrogens (tertiary/aromatic N) is 4. The number of aromatic nitrogens is 1. The van der Waals surface area contributed by atoms with Crippen molar-refractivity contribution in [3.05, 3.63) is 64.9 Å². The van der Waals surface area contributed by atoms with Crippen LogP contribution in [-0.4, -0.2) is 57.0 Å². The number of benzene rings is 1. The molecule has 3 atom stereocenters. The number of nitro benzene ring substituents is 1. The Morgan fingerprint density at radius 1 is 1.29 bits per heavy atom. The maximum Gasteiger partial charge on any atom is 0.327 e. The van der Waals surface area contributed by atoms with Crippen LogP contribution in [0.5, 0.6) is 0 Å². The third kappa shape index (κ3) is 4.09. The minimum Gasteiger partial charge on any atom is -0.351 e. The molecule has 3 aliphatic heterocycles. The number of thioether (sulfide) groups is 1. The molecule has 1 aromatic carbocycles. The van der Waals surface area contributed by atoms with E-state index in [9.17, 15) is 24.5 Å². The molecule has 11 nitrogen and oxygen atoms in total. The fourth-order valence-corrected chi connectivity index (χ4v) is 5.95. The predicted molar refractivity (Wildman–Crippen MR) is 128 cm³/mol. The first-order valence-electron chi connectivity index (χ1n) is 11.1. The lowest BCUT2D eigenvalue weighted by atomic mass is 9.99. The Kier molecular flexibility index (Phi) is 5.89. The molecule has 0 radical (unpaired) electrons. The number of carbonyl (C=O) groups is 3. The molecular formula is C23H22N6O5S. The second-order valence-electron chi connectivity index (χ2n) is 8.46. The molecule has 1 fully saturated rings. The molecule has 1 aromatic heterocycles. The van der Waals surface area contributed by atoms with Crippen molar-refractivity contribution >= 4 is 46.7 Å². The Morgan fingerprint density at radius 2 is 2.06 bits per heavy atom. The summed E-state index contributed by atoms with van der Waals surface area (Å²) in [7, 11) is 0. The molecule has 1 saturated heterocycles. The van der Waals surface area contributed by atoms with Gasteiger partial charge in [-0.3, -0.25) is 24.6 Å². The van der Waals surface area contributed by atoms with Crippen molar-refractivity contribution in [1.29, 1.82) is 0 Å². The normalized spacial score (nSPS) is 22.7. The summed E-state index contributed by atoms with van der Waals surface area (Å²) in [6.45, 7) is 4.57. The minimum absolute atomic E-state index is 0.0765. The van der Waals surface area contributed by atoms with E-state index in [1.54, 1.807) is 17.2 Å². The number of nitrogens with one attached hydrogen (secondary N) is 2. The predicted octanol–water partition coefficient (Wildman–Crippen LogP) is 2.66. The Bertz CT molecular complexity index is 1240. The fraction of sp³-hybridized carbons (Fsp3) is 0.304. The van der Waals surface area contributed by atoms with Gasteiger partial charge < -0.3 is 15.5 Å². The summed E-state index contributed by atoms with van der Waals surface area (Å²) in [6, 6.07) is 6.20. The van der Waals surface area contributed by atoms with Gasteiger partial charge in [0.05, 0.1) is 22.3 Å². The summed E-state index contributed by atoms with van der Waals surface area (Å²) in [5.74, 6) is -0.391. The number of anilines is 2. The van der Waals surface area contributed by atoms with Crippen molar-refractivity contribution in [3.8, 4) is 0 Å². The lowest BCUT2D eigenvalue weighted by Crippen LogP contribution is -2.53. The monoisotopic (exact) mass is 494 g/mol. The minimum atomic E-state index is -0.618. The first-order valence-corrected chi connectivity index (χ1v) is 12.0. The van der Waals surface area contributed by atoms with Crippen LogP contribution in [0.15, 0.2) is 54.2 Å². The molecule has 5 rings (SSSR count). The lowest BCUT2D eigenvalue weighted by molar-refractivity contribution is -0.384. The van der Waals surface area contributed by atoms with Gasteiger partial charge in [0.25, 0.3) is 5.69 Å². The second-order valence-corrected chi connectivity index (χ2v) is 9.59. The SMILES string of the molecule is C=CC(=O)N1CCCC(NC(=O)[C@@H]2Sc3nccc4c3C2NC(=O)N4c2ccc([N+](=O)[O-])cc2)C1. The molecule has 0 saturated carbocycles. The highest BCUT2D eigenvalue weighted by Crippen LogP contribution is 2.50. The van der Waals surface area contributed by atoms with Crippen molar-refractivity contribution in [3.63, 3.8) is 0 Å². The lowest BCUT2D eigenvalue weighted by Gasteiger charge is -2.35. The van der Waals surface area contributed by atoms with E-state index >= 15 is 0 Å². The van der Waals surface area contributed by atoms with E-state index in [0.29, 0.717) is 29.5 Å². The Balaban J connectivity index is 1.38. The fourth-order valence-electron chi connectivity index (χ4n) is 4.71. The van der Waals surface area contributed by atoms with Gasteiger partial charge in [-0.2, -0.15) is 0 Å². The average molecular weight is 495 g/mol. The quantitative estimate of drug-likeness (QED) is 0.370. The van der Waals surface area contributed by atoms with Crippen LogP contribution >= 0.6 is 11.8 Å². The Hall–Kier alpha value is -3.93. The Morgan fingerprint density at radius 3 is 2.77 bits per heavy atom. The van der Waals surface area contributed by atoms with Crippen LogP contribution in [0, 0.1) is 10.1 Å². The van der Waals surface area contributed by atoms with Gasteiger partial charge in [0.2, 0.25) is 11.8 Å². The number of piperidine rings is 1. The number of urea groups is 1. The van der Waals surface area contributed by atoms with Gasteiger partial charge in [0, 0.05) is 43.0 Å². The van der Waals surface area contributed by atoms with Crippen LogP contribution in [0.1, 0.15) is 24.4 Å². The second kappa shape index (κ2) is 9.02. The van der Waals surface area contributed by atoms with Crippen molar-refractivity contribution in [2.24, 2.45) is 0 Å². The van der Waals surface area contributed by atoms with E-state index in [1.165, 1.54) is 47.0 Å². The zero-order valence-electron chi connectivity index (χ0n) is 18.5. The highest BCUT2D eigenvalue weighted by atomic mass is 32.2. The highest BCUT2D eigenvalue weighted by Gasteiger charge is 2.47. The summed E-state index contributed by atoms with van der Waals surface area (Å²) < 4.78 is 0. The molecule has 3 aliphatic rings. The third-order valence-corrected chi connectivity index (χ3v) is 7.63. The Labute approximate surface area is 204 Å². The molecule has 0 spiro atoms. The molecule has 2 aromatic rings. The van der Waals surface area contributed by atoms with E-state index in [2.05, 4.69) is 22.2 Å². The van der Waals surface area contributed by atoms with E-state index in [4.69, 9.17) is 0 Å². The molecule has 12 heteroatoms. The van der Waals surface area contributed by atoms with Gasteiger partial charge in [-0.25, -0.2) is 9.78 Å². The number of hydrogen-bond acceptors (Lipinski definition) is 7. The van der Waals surface area contributed by atoms with E-state index in [0.717, 1.165) is 18.4 Å². The maximum absolute atomic E-state index is 13.3. The zero-order valence-corrected chi connectivity index (χ0v) is 19.4. The summed E-state index contributed by atoms with van der Waals surface area (Å²) in [5, 5.41) is 17.0. The number of pyridine rings is 1. The van der Waals surface area contributed by atoms with Gasteiger partial charge in [0.15, 0.2) is 0 Å². The van der Waals surface area contributed by atoms with E-state index < -0.39 is 22.2 Å². The molecule has 0 bridgehead atoms. The molecular weight excluding hydrogens is 472 g/mol. The zero-order chi connectivity index (χ0) is 24.7. The summed E-state index contributed by atoms with van der Waals surface area (Å²) in [5.41, 5.74) is 1.71. The van der Waals surface area contributed by atoms with Gasteiger partial charge in [-0.1, -0.05) is 18.3 Å². The standard InChI is InChI=1S/C23H22N6O5S/c1-2-17(30)27-11-3-4-13(12-27)25-21(31)20-19-18-16(9-10-24-22(18)35-20)28(23(32)26-19)14-5-7-15(8-6-14)29(33)34/h2,5-10,13,19-20H,1,3-4,11-12H2,(H,25,31)(H,26,32)/t13?,19?,20-/m1/s1. The van der Waals surface area contributed by atoms with Crippen LogP contribution in [0.4, 0.5) is 21.9 Å². The maximum atomic E-state index is 13.3. The molecule has 180 valence electrons. The number of rotatable bonds is 5. The number of likely N-dealkylation sites (tertiary alicyclic amines) is 1. The van der Waals surface area contributed by atoms with Crippen LogP contribution in [0.2, 0.25) is 0 Å². The van der Waals surface area contributed by atoms with Crippen LogP contribution < -0.4 is 15.5 Å². The molecule has 0 aliphatic carbocycles. The molecule has 4 amide bonds. The smallest absolute Gasteiger partial charge is 0.327 e. The van der Waals surface area contributed by atoms with Crippen molar-refractivity contribution < 1.29 is 19.3 Å². The molecule has 2 unspecified atom stereocenters. The number of amides is 4. The number of carbonyl (C=O) groups excluding carboxylic acids is 3. The number of non-ortho nitro benzene ring substituents is 1. The molecule has 2 N–H and O–H groups in total. The van der Waals surface area contributed by atoms with Gasteiger partial charge in [-0.15, -0.1) is 0 Å². The van der Waals surface area contributed by atoms with E-state index in [1.807, 2.05) is 0 Å². The first-order chi connectivity index (χ1) is 16.9. The average Bonchev–Trinajstić information content (AvgIpc) is 3.23. The largest absolute Gasteiger partial charge is 0.351 e. The van der Waals surface area contributed by atoms with Crippen LogP contribution in [0.3, 0.4) is 0 Å². The summed E-state index contributed by atoms with van der Waals surface area (Å²) >= 11 is 1.29. The van der Waals surface area contributed by atoms with Gasteiger partial charge in [-0.05, 0) is 37.1 Å². The highest BCUT2D eigenvalue weighted by molar-refractivity contribution is 8.01. The van der Waals surface area contributed by atoms with Crippen molar-refractivity contribution in [2.45, 2.75) is 35.2 Å². The molecule has 4 heterocycles. The topological polar surface area (TPSA) is 138 Å². The van der Waals surface area contributed by atoms with E-state index in [-0.39, 0.29) is 23.5 Å². The number of hydrogen-bond donors (Lipinski definition) is 2. The first kappa shape index (κ1) is 22.8. The molecule has 35 heavy (non-hydrogen) atoms. The van der Waals surface area contributed by atoms with Crippen molar-refractivity contribution in [1.82, 2.24) is 20.5 Å². The van der Waals surface area contributed by atoms with Gasteiger partial charge >= 0.3 is 6.03 Å². The summed E-state index contributed by atoms with van der Waals surface area (Å²) in [6.07, 6.45) is 4.38. The number of nitro groups is 1.